The van der Waals surface area contributed by atoms with E-state index in [1.807, 2.05) is 6.07 Å². The van der Waals surface area contributed by atoms with Crippen LogP contribution in [0.15, 0.2) is 17.3 Å². The summed E-state index contributed by atoms with van der Waals surface area (Å²) in [6.07, 6.45) is 3.67. The third-order valence-corrected chi connectivity index (χ3v) is 3.34. The molecular weight excluding hydrogens is 190 g/mol. The van der Waals surface area contributed by atoms with Crippen LogP contribution < -0.4 is 0 Å². The zero-order valence-corrected chi connectivity index (χ0v) is 8.29. The molecule has 0 amide bonds. The second kappa shape index (κ2) is 2.92. The van der Waals surface area contributed by atoms with E-state index < -0.39 is 0 Å². The lowest BCUT2D eigenvalue weighted by Crippen LogP contribution is -2.08. The van der Waals surface area contributed by atoms with Crippen molar-refractivity contribution >= 4 is 11.5 Å². The molecule has 1 aromatic carbocycles. The first-order valence-electron chi connectivity index (χ1n) is 5.20. The highest BCUT2D eigenvalue weighted by molar-refractivity contribution is 6.49. The quantitative estimate of drug-likeness (QED) is 0.513. The molecule has 0 aromatic heterocycles. The SMILES string of the molecule is O=C1/C(=N/O)Cc2ccc3c(c21)CCC3. The fourth-order valence-electron chi connectivity index (χ4n) is 2.63. The van der Waals surface area contributed by atoms with Crippen LogP contribution in [0.3, 0.4) is 0 Å². The third kappa shape index (κ3) is 1.06. The Morgan fingerprint density at radius 3 is 2.80 bits per heavy atom. The fourth-order valence-corrected chi connectivity index (χ4v) is 2.63. The summed E-state index contributed by atoms with van der Waals surface area (Å²) >= 11 is 0. The highest BCUT2D eigenvalue weighted by atomic mass is 16.4. The van der Waals surface area contributed by atoms with Gasteiger partial charge in [0.25, 0.3) is 0 Å². The first kappa shape index (κ1) is 8.65. The largest absolute Gasteiger partial charge is 0.411 e. The Labute approximate surface area is 87.4 Å². The van der Waals surface area contributed by atoms with Crippen molar-refractivity contribution in [2.24, 2.45) is 5.16 Å². The Balaban J connectivity index is 2.24. The molecule has 3 nitrogen and oxygen atoms in total. The first-order chi connectivity index (χ1) is 7.31. The number of hydrogen-bond donors (Lipinski definition) is 1. The summed E-state index contributed by atoms with van der Waals surface area (Å²) in [5.74, 6) is -0.0775. The van der Waals surface area contributed by atoms with Crippen LogP contribution in [0.4, 0.5) is 0 Å². The van der Waals surface area contributed by atoms with Crippen LogP contribution in [0.2, 0.25) is 0 Å². The molecule has 2 aliphatic carbocycles. The number of carbonyl (C=O) groups excluding carboxylic acids is 1. The molecule has 0 spiro atoms. The Bertz CT molecular complexity index is 489. The molecule has 3 heteroatoms. The van der Waals surface area contributed by atoms with Crippen LogP contribution in [-0.2, 0) is 19.3 Å². The summed E-state index contributed by atoms with van der Waals surface area (Å²) in [5, 5.41) is 11.8. The molecule has 0 bridgehead atoms. The van der Waals surface area contributed by atoms with Gasteiger partial charge >= 0.3 is 0 Å². The normalized spacial score (nSPS) is 20.8. The maximum Gasteiger partial charge on any atom is 0.211 e. The lowest BCUT2D eigenvalue weighted by molar-refractivity contribution is 0.106. The molecule has 3 rings (SSSR count). The van der Waals surface area contributed by atoms with Crippen LogP contribution in [0.1, 0.15) is 33.5 Å². The van der Waals surface area contributed by atoms with Gasteiger partial charge in [0.1, 0.15) is 5.71 Å². The number of Topliss-reactive ketones (excluding diaryl/α,β-unsaturated/α-hetero) is 1. The summed E-state index contributed by atoms with van der Waals surface area (Å²) in [5.41, 5.74) is 4.61. The summed E-state index contributed by atoms with van der Waals surface area (Å²) in [7, 11) is 0. The molecule has 0 radical (unpaired) electrons. The minimum Gasteiger partial charge on any atom is -0.411 e. The van der Waals surface area contributed by atoms with Crippen molar-refractivity contribution in [1.82, 2.24) is 0 Å². The number of carbonyl (C=O) groups is 1. The van der Waals surface area contributed by atoms with E-state index in [0.29, 0.717) is 6.42 Å². The predicted molar refractivity (Wildman–Crippen MR) is 55.7 cm³/mol. The van der Waals surface area contributed by atoms with E-state index in [0.717, 1.165) is 30.4 Å². The molecular formula is C12H11NO2. The minimum absolute atomic E-state index is 0.0775. The van der Waals surface area contributed by atoms with Gasteiger partial charge in [-0.15, -0.1) is 0 Å². The van der Waals surface area contributed by atoms with Crippen molar-refractivity contribution < 1.29 is 10.0 Å². The van der Waals surface area contributed by atoms with Crippen molar-refractivity contribution in [2.45, 2.75) is 25.7 Å². The average Bonchev–Trinajstić information content (AvgIpc) is 2.81. The highest BCUT2D eigenvalue weighted by Gasteiger charge is 2.31. The fraction of sp³-hybridized carbons (Fsp3) is 0.333. The van der Waals surface area contributed by atoms with Crippen LogP contribution in [-0.4, -0.2) is 16.7 Å². The number of benzene rings is 1. The second-order valence-electron chi connectivity index (χ2n) is 4.14. The van der Waals surface area contributed by atoms with Gasteiger partial charge in [-0.1, -0.05) is 17.3 Å². The third-order valence-electron chi connectivity index (χ3n) is 3.34. The van der Waals surface area contributed by atoms with Gasteiger partial charge < -0.3 is 5.21 Å². The monoisotopic (exact) mass is 201 g/mol. The van der Waals surface area contributed by atoms with Crippen molar-refractivity contribution in [1.29, 1.82) is 0 Å². The van der Waals surface area contributed by atoms with Crippen LogP contribution in [0.5, 0.6) is 0 Å². The molecule has 0 unspecified atom stereocenters. The topological polar surface area (TPSA) is 49.7 Å². The highest BCUT2D eigenvalue weighted by Crippen LogP contribution is 2.32. The van der Waals surface area contributed by atoms with E-state index in [2.05, 4.69) is 11.2 Å². The number of nitrogens with zero attached hydrogens (tertiary/aromatic N) is 1. The Morgan fingerprint density at radius 1 is 1.20 bits per heavy atom. The van der Waals surface area contributed by atoms with Crippen molar-refractivity contribution in [3.63, 3.8) is 0 Å². The van der Waals surface area contributed by atoms with E-state index in [4.69, 9.17) is 5.21 Å². The van der Waals surface area contributed by atoms with Gasteiger partial charge in [-0.25, -0.2) is 0 Å². The molecule has 1 aromatic rings. The maximum absolute atomic E-state index is 11.9. The van der Waals surface area contributed by atoms with E-state index >= 15 is 0 Å². The average molecular weight is 201 g/mol. The first-order valence-corrected chi connectivity index (χ1v) is 5.20. The standard InChI is InChI=1S/C12H11NO2/c14-12-10(13-15)6-8-5-4-7-2-1-3-9(7)11(8)12/h4-5,15H,1-3,6H2/b13-10+. The van der Waals surface area contributed by atoms with Gasteiger partial charge in [-0.3, -0.25) is 4.79 Å². The number of aryl methyl sites for hydroxylation is 1. The number of oxime groups is 1. The Kier molecular flexibility index (Phi) is 1.69. The van der Waals surface area contributed by atoms with Gasteiger partial charge in [0.2, 0.25) is 5.78 Å². The van der Waals surface area contributed by atoms with Gasteiger partial charge in [-0.05, 0) is 36.0 Å². The van der Waals surface area contributed by atoms with Crippen molar-refractivity contribution in [3.8, 4) is 0 Å². The summed E-state index contributed by atoms with van der Waals surface area (Å²) in [6.45, 7) is 0. The molecule has 0 saturated heterocycles. The van der Waals surface area contributed by atoms with Crippen molar-refractivity contribution in [3.05, 3.63) is 34.4 Å². The summed E-state index contributed by atoms with van der Waals surface area (Å²) < 4.78 is 0. The van der Waals surface area contributed by atoms with Crippen molar-refractivity contribution in [2.75, 3.05) is 0 Å². The van der Waals surface area contributed by atoms with Crippen LogP contribution >= 0.6 is 0 Å². The molecule has 0 aliphatic heterocycles. The van der Waals surface area contributed by atoms with Crippen LogP contribution in [0.25, 0.3) is 0 Å². The lowest BCUT2D eigenvalue weighted by Gasteiger charge is -2.04. The van der Waals surface area contributed by atoms with Gasteiger partial charge in [0, 0.05) is 12.0 Å². The van der Waals surface area contributed by atoms with E-state index in [1.165, 1.54) is 11.1 Å². The second-order valence-corrected chi connectivity index (χ2v) is 4.14. The van der Waals surface area contributed by atoms with Gasteiger partial charge in [0.05, 0.1) is 0 Å². The molecule has 0 atom stereocenters. The van der Waals surface area contributed by atoms with E-state index in [1.54, 1.807) is 0 Å². The smallest absolute Gasteiger partial charge is 0.211 e. The molecule has 2 aliphatic rings. The summed E-state index contributed by atoms with van der Waals surface area (Å²) in [4.78, 5) is 11.9. The number of ketones is 1. The van der Waals surface area contributed by atoms with E-state index in [-0.39, 0.29) is 11.5 Å². The lowest BCUT2D eigenvalue weighted by atomic mass is 9.99. The predicted octanol–water partition coefficient (Wildman–Crippen LogP) is 1.74. The number of rotatable bonds is 0. The number of fused-ring (bicyclic) bond motifs is 3. The summed E-state index contributed by atoms with van der Waals surface area (Å²) in [6, 6.07) is 4.10. The number of hydrogen-bond acceptors (Lipinski definition) is 3. The molecule has 76 valence electrons. The maximum atomic E-state index is 11.9. The van der Waals surface area contributed by atoms with E-state index in [9.17, 15) is 4.79 Å². The zero-order valence-electron chi connectivity index (χ0n) is 8.29. The Hall–Kier alpha value is -1.64. The minimum atomic E-state index is -0.0775. The zero-order chi connectivity index (χ0) is 10.4. The van der Waals surface area contributed by atoms with Gasteiger partial charge in [-0.2, -0.15) is 0 Å². The molecule has 1 N–H and O–H groups in total. The molecule has 0 saturated carbocycles. The Morgan fingerprint density at radius 2 is 2.00 bits per heavy atom. The molecule has 0 heterocycles. The van der Waals surface area contributed by atoms with Gasteiger partial charge in [0.15, 0.2) is 0 Å². The molecule has 0 fully saturated rings. The molecule has 15 heavy (non-hydrogen) atoms. The van der Waals surface area contributed by atoms with Crippen LogP contribution in [0, 0.1) is 0 Å².